The summed E-state index contributed by atoms with van der Waals surface area (Å²) >= 11 is 0. The van der Waals surface area contributed by atoms with E-state index < -0.39 is 5.82 Å². The maximum absolute atomic E-state index is 14.7. The molecule has 7 nitrogen and oxygen atoms in total. The first kappa shape index (κ1) is 20.4. The topological polar surface area (TPSA) is 79.4 Å². The van der Waals surface area contributed by atoms with Gasteiger partial charge in [0.15, 0.2) is 0 Å². The van der Waals surface area contributed by atoms with Crippen LogP contribution in [0.5, 0.6) is 5.75 Å². The summed E-state index contributed by atoms with van der Waals surface area (Å²) in [7, 11) is 1.49. The smallest absolute Gasteiger partial charge is 0.260 e. The predicted octanol–water partition coefficient (Wildman–Crippen LogP) is 3.62. The number of nitrogens with zero attached hydrogens (tertiary/aromatic N) is 3. The van der Waals surface area contributed by atoms with Crippen LogP contribution in [0.2, 0.25) is 0 Å². The highest BCUT2D eigenvalue weighted by Crippen LogP contribution is 2.38. The number of rotatable bonds is 5. The number of carbonyl (C=O) groups is 1. The molecule has 0 saturated carbocycles. The molecule has 0 bridgehead atoms. The number of piperidine rings is 1. The van der Waals surface area contributed by atoms with Crippen molar-refractivity contribution in [3.8, 4) is 17.0 Å². The van der Waals surface area contributed by atoms with E-state index in [9.17, 15) is 9.18 Å². The highest BCUT2D eigenvalue weighted by Gasteiger charge is 2.33. The van der Waals surface area contributed by atoms with Gasteiger partial charge in [-0.3, -0.25) is 14.7 Å². The molecule has 3 aromatic rings. The van der Waals surface area contributed by atoms with Crippen LogP contribution in [0.15, 0.2) is 48.7 Å². The van der Waals surface area contributed by atoms with Gasteiger partial charge in [0.1, 0.15) is 23.2 Å². The minimum atomic E-state index is -0.442. The lowest BCUT2D eigenvalue weighted by Gasteiger charge is -2.24. The third kappa shape index (κ3) is 3.67. The second kappa shape index (κ2) is 8.55. The molecule has 0 atom stereocenters. The summed E-state index contributed by atoms with van der Waals surface area (Å²) in [6, 6.07) is 12.3. The molecule has 4 heterocycles. The number of nitrogens with one attached hydrogen (secondary N) is 2. The van der Waals surface area contributed by atoms with E-state index in [-0.39, 0.29) is 18.0 Å². The summed E-state index contributed by atoms with van der Waals surface area (Å²) < 4.78 is 20.1. The number of anilines is 2. The molecule has 2 aromatic heterocycles. The van der Waals surface area contributed by atoms with Crippen LogP contribution in [0.25, 0.3) is 11.3 Å². The van der Waals surface area contributed by atoms with Crippen molar-refractivity contribution in [3.63, 3.8) is 0 Å². The fourth-order valence-corrected chi connectivity index (χ4v) is 4.36. The molecule has 0 radical (unpaired) electrons. The highest BCUT2D eigenvalue weighted by molar-refractivity contribution is 6.10. The predicted molar refractivity (Wildman–Crippen MR) is 120 cm³/mol. The average molecular weight is 433 g/mol. The zero-order chi connectivity index (χ0) is 22.1. The van der Waals surface area contributed by atoms with Crippen molar-refractivity contribution >= 4 is 17.5 Å². The average Bonchev–Trinajstić information content (AvgIpc) is 3.16. The number of methoxy groups -OCH3 is 1. The van der Waals surface area contributed by atoms with E-state index in [0.717, 1.165) is 31.7 Å². The normalized spacial score (nSPS) is 16.2. The Morgan fingerprint density at radius 2 is 1.97 bits per heavy atom. The van der Waals surface area contributed by atoms with Crippen LogP contribution in [0.4, 0.5) is 16.0 Å². The van der Waals surface area contributed by atoms with Crippen molar-refractivity contribution in [1.29, 1.82) is 0 Å². The minimum absolute atomic E-state index is 0.175. The van der Waals surface area contributed by atoms with Crippen molar-refractivity contribution in [2.75, 3.05) is 30.4 Å². The molecule has 0 spiro atoms. The highest BCUT2D eigenvalue weighted by atomic mass is 19.1. The van der Waals surface area contributed by atoms with Crippen LogP contribution in [-0.4, -0.2) is 42.1 Å². The molecule has 8 heteroatoms. The standard InChI is InChI=1S/C24H24FN5O2/c1-32-19-5-2-4-18(25)22(19)23-17-14-30(24(31)16(17)10-13-27-23)21-7-3-6-20(29-21)28-15-8-11-26-12-9-15/h2-7,10,13,15,26H,8-9,11-12,14H2,1H3,(H,28,29). The molecule has 2 aliphatic rings. The van der Waals surface area contributed by atoms with Crippen molar-refractivity contribution in [3.05, 3.63) is 65.6 Å². The van der Waals surface area contributed by atoms with Crippen LogP contribution >= 0.6 is 0 Å². The summed E-state index contributed by atoms with van der Waals surface area (Å²) in [6.07, 6.45) is 3.59. The number of halogens is 1. The second-order valence-corrected chi connectivity index (χ2v) is 7.94. The molecule has 32 heavy (non-hydrogen) atoms. The summed E-state index contributed by atoms with van der Waals surface area (Å²) in [6.45, 7) is 2.22. The molecule has 2 N–H and O–H groups in total. The van der Waals surface area contributed by atoms with E-state index in [2.05, 4.69) is 15.6 Å². The van der Waals surface area contributed by atoms with Gasteiger partial charge >= 0.3 is 0 Å². The Morgan fingerprint density at radius 3 is 2.78 bits per heavy atom. The van der Waals surface area contributed by atoms with Gasteiger partial charge in [0.2, 0.25) is 0 Å². The van der Waals surface area contributed by atoms with Crippen molar-refractivity contribution in [2.24, 2.45) is 0 Å². The van der Waals surface area contributed by atoms with Crippen LogP contribution in [0.1, 0.15) is 28.8 Å². The molecule has 5 rings (SSSR count). The first-order valence-corrected chi connectivity index (χ1v) is 10.7. The van der Waals surface area contributed by atoms with E-state index in [1.165, 1.54) is 19.4 Å². The van der Waals surface area contributed by atoms with Gasteiger partial charge in [0.25, 0.3) is 5.91 Å². The number of amides is 1. The molecule has 1 aromatic carbocycles. The summed E-state index contributed by atoms with van der Waals surface area (Å²) in [5, 5.41) is 6.82. The number of hydrogen-bond donors (Lipinski definition) is 2. The molecule has 0 aliphatic carbocycles. The van der Waals surface area contributed by atoms with E-state index >= 15 is 0 Å². The summed E-state index contributed by atoms with van der Waals surface area (Å²) in [4.78, 5) is 23.9. The molecule has 1 amide bonds. The van der Waals surface area contributed by atoms with Gasteiger partial charge in [-0.05, 0) is 56.3 Å². The van der Waals surface area contributed by atoms with Gasteiger partial charge in [-0.25, -0.2) is 9.37 Å². The summed E-state index contributed by atoms with van der Waals surface area (Å²) in [5.74, 6) is 1.06. The third-order valence-electron chi connectivity index (χ3n) is 5.98. The quantitative estimate of drug-likeness (QED) is 0.640. The van der Waals surface area contributed by atoms with Gasteiger partial charge in [-0.1, -0.05) is 12.1 Å². The van der Waals surface area contributed by atoms with Crippen LogP contribution in [0, 0.1) is 5.82 Å². The number of pyridine rings is 2. The Balaban J connectivity index is 1.47. The second-order valence-electron chi connectivity index (χ2n) is 7.94. The lowest BCUT2D eigenvalue weighted by molar-refractivity contribution is 0.0996. The molecule has 2 aliphatic heterocycles. The minimum Gasteiger partial charge on any atom is -0.496 e. The maximum Gasteiger partial charge on any atom is 0.260 e. The summed E-state index contributed by atoms with van der Waals surface area (Å²) in [5.41, 5.74) is 1.84. The van der Waals surface area contributed by atoms with Crippen molar-refractivity contribution in [1.82, 2.24) is 15.3 Å². The largest absolute Gasteiger partial charge is 0.496 e. The molecule has 164 valence electrons. The van der Waals surface area contributed by atoms with E-state index in [4.69, 9.17) is 9.72 Å². The Morgan fingerprint density at radius 1 is 1.16 bits per heavy atom. The number of ether oxygens (including phenoxy) is 1. The van der Waals surface area contributed by atoms with Gasteiger partial charge in [0, 0.05) is 23.4 Å². The molecular weight excluding hydrogens is 409 g/mol. The Bertz CT molecular complexity index is 1160. The molecular formula is C24H24FN5O2. The number of fused-ring (bicyclic) bond motifs is 1. The van der Waals surface area contributed by atoms with Crippen LogP contribution in [0.3, 0.4) is 0 Å². The van der Waals surface area contributed by atoms with Gasteiger partial charge in [0.05, 0.1) is 24.9 Å². The van der Waals surface area contributed by atoms with Crippen LogP contribution < -0.4 is 20.3 Å². The molecule has 1 fully saturated rings. The SMILES string of the molecule is COc1cccc(F)c1-c1nccc2c1CN(c1cccc(NC3CCNCC3)n1)C2=O. The Hall–Kier alpha value is -3.52. The van der Waals surface area contributed by atoms with Crippen LogP contribution in [-0.2, 0) is 6.54 Å². The number of carbonyl (C=O) groups excluding carboxylic acids is 1. The van der Waals surface area contributed by atoms with Gasteiger partial charge < -0.3 is 15.4 Å². The van der Waals surface area contributed by atoms with Crippen molar-refractivity contribution < 1.29 is 13.9 Å². The van der Waals surface area contributed by atoms with E-state index in [0.29, 0.717) is 34.4 Å². The first-order chi connectivity index (χ1) is 15.7. The number of hydrogen-bond acceptors (Lipinski definition) is 6. The number of benzene rings is 1. The van der Waals surface area contributed by atoms with E-state index in [1.54, 1.807) is 23.1 Å². The third-order valence-corrected chi connectivity index (χ3v) is 5.98. The monoisotopic (exact) mass is 433 g/mol. The van der Waals surface area contributed by atoms with Gasteiger partial charge in [-0.15, -0.1) is 0 Å². The molecule has 1 saturated heterocycles. The molecule has 0 unspecified atom stereocenters. The fourth-order valence-electron chi connectivity index (χ4n) is 4.36. The zero-order valence-electron chi connectivity index (χ0n) is 17.8. The Kier molecular flexibility index (Phi) is 5.45. The lowest BCUT2D eigenvalue weighted by Crippen LogP contribution is -2.35. The van der Waals surface area contributed by atoms with Crippen molar-refractivity contribution in [2.45, 2.75) is 25.4 Å². The fraction of sp³-hybridized carbons (Fsp3) is 0.292. The zero-order valence-corrected chi connectivity index (χ0v) is 17.8. The first-order valence-electron chi connectivity index (χ1n) is 10.7. The maximum atomic E-state index is 14.7. The van der Waals surface area contributed by atoms with E-state index in [1.807, 2.05) is 18.2 Å². The Labute approximate surface area is 185 Å². The lowest BCUT2D eigenvalue weighted by atomic mass is 10.0. The number of aromatic nitrogens is 2. The van der Waals surface area contributed by atoms with Gasteiger partial charge in [-0.2, -0.15) is 0 Å².